The maximum Gasteiger partial charge on any atom is 0.261 e. The highest BCUT2D eigenvalue weighted by Crippen LogP contribution is 2.28. The summed E-state index contributed by atoms with van der Waals surface area (Å²) >= 11 is 3.33. The molecule has 1 aliphatic carbocycles. The first kappa shape index (κ1) is 13.6. The summed E-state index contributed by atoms with van der Waals surface area (Å²) in [4.78, 5) is 16.2. The lowest BCUT2D eigenvalue weighted by Gasteiger charge is -2.07. The van der Waals surface area contributed by atoms with Crippen molar-refractivity contribution in [2.24, 2.45) is 5.92 Å². The van der Waals surface area contributed by atoms with E-state index in [2.05, 4.69) is 20.9 Å². The zero-order valence-corrected chi connectivity index (χ0v) is 12.5. The third kappa shape index (κ3) is 3.37. The summed E-state index contributed by atoms with van der Waals surface area (Å²) in [5.74, 6) is 1.09. The van der Waals surface area contributed by atoms with Gasteiger partial charge in [0.15, 0.2) is 0 Å². The molecule has 3 rings (SSSR count). The van der Waals surface area contributed by atoms with Crippen molar-refractivity contribution in [3.8, 4) is 5.88 Å². The molecule has 1 saturated carbocycles. The maximum absolute atomic E-state index is 11.9. The van der Waals surface area contributed by atoms with Gasteiger partial charge in [-0.05, 0) is 46.8 Å². The van der Waals surface area contributed by atoms with Gasteiger partial charge in [-0.1, -0.05) is 0 Å². The van der Waals surface area contributed by atoms with E-state index in [0.717, 1.165) is 17.0 Å². The quantitative estimate of drug-likeness (QED) is 0.758. The normalized spacial score (nSPS) is 14.7. The third-order valence-electron chi connectivity index (χ3n) is 3.13. The average molecular weight is 339 g/mol. The van der Waals surface area contributed by atoms with Gasteiger partial charge >= 0.3 is 0 Å². The van der Waals surface area contributed by atoms with E-state index in [9.17, 15) is 4.79 Å². The van der Waals surface area contributed by atoms with E-state index in [1.54, 1.807) is 12.3 Å². The number of hydrogen-bond acceptors (Lipinski definition) is 4. The number of nitrogens with zero attached hydrogens (tertiary/aromatic N) is 2. The van der Waals surface area contributed by atoms with Gasteiger partial charge in [0, 0.05) is 17.3 Å². The van der Waals surface area contributed by atoms with Crippen molar-refractivity contribution in [1.82, 2.24) is 9.38 Å². The Balaban J connectivity index is 1.62. The van der Waals surface area contributed by atoms with E-state index in [-0.39, 0.29) is 5.56 Å². The predicted molar refractivity (Wildman–Crippen MR) is 78.2 cm³/mol. The first-order valence-corrected chi connectivity index (χ1v) is 7.41. The Morgan fingerprint density at radius 1 is 1.35 bits per heavy atom. The molecule has 0 radical (unpaired) electrons. The fraction of sp³-hybridized carbons (Fsp3) is 0.429. The average Bonchev–Trinajstić information content (AvgIpc) is 3.23. The van der Waals surface area contributed by atoms with Crippen molar-refractivity contribution in [3.63, 3.8) is 0 Å². The Morgan fingerprint density at radius 3 is 3.00 bits per heavy atom. The van der Waals surface area contributed by atoms with E-state index in [1.807, 2.05) is 6.07 Å². The van der Waals surface area contributed by atoms with Crippen molar-refractivity contribution in [2.75, 3.05) is 19.8 Å². The minimum atomic E-state index is -0.162. The van der Waals surface area contributed by atoms with Crippen molar-refractivity contribution in [2.45, 2.75) is 12.8 Å². The largest absolute Gasteiger partial charge is 0.475 e. The van der Waals surface area contributed by atoms with Crippen molar-refractivity contribution in [1.29, 1.82) is 0 Å². The second-order valence-electron chi connectivity index (χ2n) is 4.87. The lowest BCUT2D eigenvalue weighted by Crippen LogP contribution is -2.16. The van der Waals surface area contributed by atoms with Crippen LogP contribution in [0.5, 0.6) is 5.88 Å². The molecule has 0 aliphatic heterocycles. The van der Waals surface area contributed by atoms with E-state index < -0.39 is 0 Å². The summed E-state index contributed by atoms with van der Waals surface area (Å²) in [5.41, 5.74) is 0.403. The minimum absolute atomic E-state index is 0.162. The molecule has 1 fully saturated rings. The Morgan fingerprint density at radius 2 is 2.20 bits per heavy atom. The zero-order chi connectivity index (χ0) is 13.9. The van der Waals surface area contributed by atoms with E-state index in [4.69, 9.17) is 9.47 Å². The number of aromatic nitrogens is 2. The van der Waals surface area contributed by atoms with Gasteiger partial charge in [-0.15, -0.1) is 0 Å². The number of halogens is 1. The molecule has 5 nitrogen and oxygen atoms in total. The van der Waals surface area contributed by atoms with Crippen LogP contribution in [0, 0.1) is 5.92 Å². The lowest BCUT2D eigenvalue weighted by atomic mass is 10.4. The Kier molecular flexibility index (Phi) is 4.03. The molecule has 6 heteroatoms. The zero-order valence-electron chi connectivity index (χ0n) is 10.9. The van der Waals surface area contributed by atoms with Gasteiger partial charge in [0.2, 0.25) is 5.88 Å². The summed E-state index contributed by atoms with van der Waals surface area (Å²) < 4.78 is 13.2. The number of ether oxygens (including phenoxy) is 2. The van der Waals surface area contributed by atoms with E-state index >= 15 is 0 Å². The molecule has 106 valence electrons. The Bertz CT molecular complexity index is 667. The molecular weight excluding hydrogens is 324 g/mol. The molecule has 0 aromatic carbocycles. The number of rotatable bonds is 6. The van der Waals surface area contributed by atoms with E-state index in [0.29, 0.717) is 24.7 Å². The lowest BCUT2D eigenvalue weighted by molar-refractivity contribution is 0.0913. The van der Waals surface area contributed by atoms with Gasteiger partial charge in [0.05, 0.1) is 12.7 Å². The van der Waals surface area contributed by atoms with Crippen LogP contribution in [-0.4, -0.2) is 29.2 Å². The van der Waals surface area contributed by atoms with Crippen LogP contribution in [0.1, 0.15) is 12.8 Å². The first-order chi connectivity index (χ1) is 9.72. The molecule has 0 amide bonds. The highest BCUT2D eigenvalue weighted by atomic mass is 79.9. The number of fused-ring (bicyclic) bond motifs is 1. The van der Waals surface area contributed by atoms with Crippen LogP contribution in [0.15, 0.2) is 33.7 Å². The molecule has 0 unspecified atom stereocenters. The molecule has 0 N–H and O–H groups in total. The molecule has 2 aromatic heterocycles. The van der Waals surface area contributed by atoms with Gasteiger partial charge < -0.3 is 9.47 Å². The molecule has 2 heterocycles. The highest BCUT2D eigenvalue weighted by Gasteiger charge is 2.20. The van der Waals surface area contributed by atoms with Crippen molar-refractivity contribution in [3.05, 3.63) is 39.2 Å². The maximum atomic E-state index is 11.9. The summed E-state index contributed by atoms with van der Waals surface area (Å²) in [6, 6.07) is 4.99. The second-order valence-corrected chi connectivity index (χ2v) is 5.79. The summed E-state index contributed by atoms with van der Waals surface area (Å²) in [7, 11) is 0. The van der Waals surface area contributed by atoms with Crippen LogP contribution < -0.4 is 10.3 Å². The Hall–Kier alpha value is -1.40. The fourth-order valence-electron chi connectivity index (χ4n) is 1.87. The summed E-state index contributed by atoms with van der Waals surface area (Å²) in [6.45, 7) is 1.74. The molecular formula is C14H15BrN2O3. The first-order valence-electron chi connectivity index (χ1n) is 6.62. The minimum Gasteiger partial charge on any atom is -0.475 e. The molecule has 0 saturated heterocycles. The number of pyridine rings is 1. The van der Waals surface area contributed by atoms with Gasteiger partial charge in [-0.25, -0.2) is 0 Å². The van der Waals surface area contributed by atoms with Crippen molar-refractivity contribution < 1.29 is 9.47 Å². The topological polar surface area (TPSA) is 52.8 Å². The number of hydrogen-bond donors (Lipinski definition) is 0. The molecule has 0 atom stereocenters. The molecule has 2 aromatic rings. The van der Waals surface area contributed by atoms with Gasteiger partial charge in [-0.3, -0.25) is 9.20 Å². The Labute approximate surface area is 124 Å². The van der Waals surface area contributed by atoms with Crippen LogP contribution in [0.4, 0.5) is 0 Å². The molecule has 0 spiro atoms. The van der Waals surface area contributed by atoms with Crippen LogP contribution in [0.25, 0.3) is 5.65 Å². The summed E-state index contributed by atoms with van der Waals surface area (Å²) in [6.07, 6.45) is 4.24. The van der Waals surface area contributed by atoms with Crippen LogP contribution in [-0.2, 0) is 4.74 Å². The molecule has 0 bridgehead atoms. The van der Waals surface area contributed by atoms with Gasteiger partial charge in [0.1, 0.15) is 12.3 Å². The SMILES string of the molecule is O=c1cc(OCCOCC2CC2)nc2ccc(Br)cn12. The standard InChI is InChI=1S/C14H15BrN2O3/c15-11-3-4-12-16-13(7-14(18)17(12)8-11)20-6-5-19-9-10-1-2-10/h3-4,7-8,10H,1-2,5-6,9H2. The van der Waals surface area contributed by atoms with E-state index in [1.165, 1.54) is 23.3 Å². The van der Waals surface area contributed by atoms with Crippen LogP contribution in [0.3, 0.4) is 0 Å². The van der Waals surface area contributed by atoms with Crippen LogP contribution in [0.2, 0.25) is 0 Å². The summed E-state index contributed by atoms with van der Waals surface area (Å²) in [5, 5.41) is 0. The predicted octanol–water partition coefficient (Wildman–Crippen LogP) is 2.26. The fourth-order valence-corrected chi connectivity index (χ4v) is 2.21. The van der Waals surface area contributed by atoms with Crippen LogP contribution >= 0.6 is 15.9 Å². The van der Waals surface area contributed by atoms with Crippen molar-refractivity contribution >= 4 is 21.6 Å². The molecule has 1 aliphatic rings. The third-order valence-corrected chi connectivity index (χ3v) is 3.60. The highest BCUT2D eigenvalue weighted by molar-refractivity contribution is 9.10. The van der Waals surface area contributed by atoms with Gasteiger partial charge in [0.25, 0.3) is 5.56 Å². The molecule has 20 heavy (non-hydrogen) atoms. The van der Waals surface area contributed by atoms with Gasteiger partial charge in [-0.2, -0.15) is 4.98 Å². The second kappa shape index (κ2) is 5.93. The smallest absolute Gasteiger partial charge is 0.261 e. The monoisotopic (exact) mass is 338 g/mol.